The zero-order chi connectivity index (χ0) is 13.9. The van der Waals surface area contributed by atoms with E-state index in [2.05, 4.69) is 5.32 Å². The average Bonchev–Trinajstić information content (AvgIpc) is 2.21. The van der Waals surface area contributed by atoms with Gasteiger partial charge in [-0.25, -0.2) is 9.18 Å². The molecular formula is C13H17ClFNO2. The number of carbonyl (C=O) groups is 1. The SMILES string of the molecule is CC(Nc1ccc(F)c(Cl)c1)C(=O)OC(C)(C)C. The van der Waals surface area contributed by atoms with Crippen molar-refractivity contribution in [2.24, 2.45) is 0 Å². The molecule has 0 aliphatic carbocycles. The van der Waals surface area contributed by atoms with Crippen LogP contribution in [0.5, 0.6) is 0 Å². The molecule has 18 heavy (non-hydrogen) atoms. The summed E-state index contributed by atoms with van der Waals surface area (Å²) in [4.78, 5) is 11.7. The van der Waals surface area contributed by atoms with Crippen molar-refractivity contribution in [3.05, 3.63) is 29.0 Å². The molecule has 100 valence electrons. The first-order valence-corrected chi connectivity index (χ1v) is 6.01. The number of benzene rings is 1. The first-order chi connectivity index (χ1) is 8.19. The summed E-state index contributed by atoms with van der Waals surface area (Å²) in [6, 6.07) is 3.65. The van der Waals surface area contributed by atoms with E-state index in [-0.39, 0.29) is 11.0 Å². The molecule has 0 aromatic heterocycles. The molecule has 3 nitrogen and oxygen atoms in total. The van der Waals surface area contributed by atoms with Crippen LogP contribution in [0, 0.1) is 5.82 Å². The quantitative estimate of drug-likeness (QED) is 0.855. The van der Waals surface area contributed by atoms with Crippen LogP contribution in [0.1, 0.15) is 27.7 Å². The lowest BCUT2D eigenvalue weighted by atomic mass is 10.2. The molecule has 0 aliphatic rings. The van der Waals surface area contributed by atoms with Crippen molar-refractivity contribution < 1.29 is 13.9 Å². The minimum absolute atomic E-state index is 0.0105. The van der Waals surface area contributed by atoms with E-state index < -0.39 is 17.5 Å². The molecule has 0 spiro atoms. The molecule has 0 aliphatic heterocycles. The highest BCUT2D eigenvalue weighted by molar-refractivity contribution is 6.31. The van der Waals surface area contributed by atoms with Gasteiger partial charge in [0.05, 0.1) is 5.02 Å². The van der Waals surface area contributed by atoms with Crippen LogP contribution in [0.2, 0.25) is 5.02 Å². The van der Waals surface area contributed by atoms with E-state index in [4.69, 9.17) is 16.3 Å². The number of carbonyl (C=O) groups excluding carboxylic acids is 1. The topological polar surface area (TPSA) is 38.3 Å². The van der Waals surface area contributed by atoms with Gasteiger partial charge in [0.2, 0.25) is 0 Å². The van der Waals surface area contributed by atoms with E-state index in [1.165, 1.54) is 18.2 Å². The van der Waals surface area contributed by atoms with Crippen molar-refractivity contribution >= 4 is 23.3 Å². The number of nitrogens with one attached hydrogen (secondary N) is 1. The Morgan fingerprint density at radius 1 is 1.44 bits per heavy atom. The molecule has 0 amide bonds. The summed E-state index contributed by atoms with van der Waals surface area (Å²) in [6.45, 7) is 7.07. The molecule has 0 fully saturated rings. The zero-order valence-electron chi connectivity index (χ0n) is 10.9. The Hall–Kier alpha value is -1.29. The molecule has 1 aromatic rings. The van der Waals surface area contributed by atoms with Gasteiger partial charge >= 0.3 is 5.97 Å². The maximum Gasteiger partial charge on any atom is 0.328 e. The van der Waals surface area contributed by atoms with Crippen LogP contribution in [-0.2, 0) is 9.53 Å². The second kappa shape index (κ2) is 5.57. The lowest BCUT2D eigenvalue weighted by molar-refractivity contribution is -0.155. The third kappa shape index (κ3) is 4.53. The van der Waals surface area contributed by atoms with E-state index in [0.717, 1.165) is 0 Å². The maximum atomic E-state index is 13.0. The van der Waals surface area contributed by atoms with Gasteiger partial charge in [-0.1, -0.05) is 11.6 Å². The number of halogens is 2. The number of rotatable bonds is 3. The minimum Gasteiger partial charge on any atom is -0.458 e. The van der Waals surface area contributed by atoms with Crippen LogP contribution in [0.3, 0.4) is 0 Å². The molecule has 0 bridgehead atoms. The first kappa shape index (κ1) is 14.8. The molecule has 1 unspecified atom stereocenters. The average molecular weight is 274 g/mol. The van der Waals surface area contributed by atoms with Crippen LogP contribution in [0.15, 0.2) is 18.2 Å². The summed E-state index contributed by atoms with van der Waals surface area (Å²) in [5.74, 6) is -0.866. The summed E-state index contributed by atoms with van der Waals surface area (Å²) >= 11 is 5.65. The third-order valence-corrected chi connectivity index (χ3v) is 2.35. The van der Waals surface area contributed by atoms with Gasteiger partial charge in [0.25, 0.3) is 0 Å². The van der Waals surface area contributed by atoms with E-state index >= 15 is 0 Å². The van der Waals surface area contributed by atoms with Crippen LogP contribution < -0.4 is 5.32 Å². The summed E-state index contributed by atoms with van der Waals surface area (Å²) in [5, 5.41) is 2.92. The van der Waals surface area contributed by atoms with Crippen molar-refractivity contribution in [3.63, 3.8) is 0 Å². The number of anilines is 1. The molecule has 1 atom stereocenters. The second-order valence-electron chi connectivity index (χ2n) is 5.03. The molecule has 0 radical (unpaired) electrons. The van der Waals surface area contributed by atoms with Gasteiger partial charge in [-0.15, -0.1) is 0 Å². The van der Waals surface area contributed by atoms with E-state index in [1.54, 1.807) is 27.7 Å². The first-order valence-electron chi connectivity index (χ1n) is 5.63. The van der Waals surface area contributed by atoms with Crippen LogP contribution in [0.25, 0.3) is 0 Å². The van der Waals surface area contributed by atoms with Crippen molar-refractivity contribution in [3.8, 4) is 0 Å². The van der Waals surface area contributed by atoms with E-state index in [0.29, 0.717) is 5.69 Å². The predicted molar refractivity (Wildman–Crippen MR) is 70.3 cm³/mol. The smallest absolute Gasteiger partial charge is 0.328 e. The van der Waals surface area contributed by atoms with Crippen LogP contribution >= 0.6 is 11.6 Å². The minimum atomic E-state index is -0.536. The normalized spacial score (nSPS) is 13.0. The highest BCUT2D eigenvalue weighted by Gasteiger charge is 2.21. The second-order valence-corrected chi connectivity index (χ2v) is 5.44. The zero-order valence-corrected chi connectivity index (χ0v) is 11.6. The third-order valence-electron chi connectivity index (χ3n) is 2.06. The Balaban J connectivity index is 2.66. The Bertz CT molecular complexity index is 443. The Morgan fingerprint density at radius 2 is 2.06 bits per heavy atom. The largest absolute Gasteiger partial charge is 0.458 e. The van der Waals surface area contributed by atoms with Crippen molar-refractivity contribution in [1.29, 1.82) is 0 Å². The molecular weight excluding hydrogens is 257 g/mol. The predicted octanol–water partition coefficient (Wildman–Crippen LogP) is 3.62. The van der Waals surface area contributed by atoms with Crippen molar-refractivity contribution in [1.82, 2.24) is 0 Å². The van der Waals surface area contributed by atoms with Gasteiger partial charge in [-0.2, -0.15) is 0 Å². The molecule has 0 saturated carbocycles. The molecule has 0 saturated heterocycles. The van der Waals surface area contributed by atoms with Crippen molar-refractivity contribution in [2.75, 3.05) is 5.32 Å². The Morgan fingerprint density at radius 3 is 2.56 bits per heavy atom. The molecule has 1 rings (SSSR count). The summed E-state index contributed by atoms with van der Waals surface area (Å²) in [6.07, 6.45) is 0. The van der Waals surface area contributed by atoms with Gasteiger partial charge in [-0.3, -0.25) is 0 Å². The highest BCUT2D eigenvalue weighted by Crippen LogP contribution is 2.20. The fourth-order valence-electron chi connectivity index (χ4n) is 1.29. The molecule has 5 heteroatoms. The van der Waals surface area contributed by atoms with Gasteiger partial charge < -0.3 is 10.1 Å². The monoisotopic (exact) mass is 273 g/mol. The molecule has 0 heterocycles. The molecule has 1 N–H and O–H groups in total. The summed E-state index contributed by atoms with van der Waals surface area (Å²) in [5.41, 5.74) is 0.0350. The van der Waals surface area contributed by atoms with Crippen LogP contribution in [0.4, 0.5) is 10.1 Å². The number of hydrogen-bond acceptors (Lipinski definition) is 3. The lowest BCUT2D eigenvalue weighted by Gasteiger charge is -2.23. The lowest BCUT2D eigenvalue weighted by Crippen LogP contribution is -2.34. The van der Waals surface area contributed by atoms with Gasteiger partial charge in [0.1, 0.15) is 17.5 Å². The Labute approximate surface area is 111 Å². The maximum absolute atomic E-state index is 13.0. The van der Waals surface area contributed by atoms with Crippen molar-refractivity contribution in [2.45, 2.75) is 39.3 Å². The standard InChI is InChI=1S/C13H17ClFNO2/c1-8(12(17)18-13(2,3)4)16-9-5-6-11(15)10(14)7-9/h5-8,16H,1-4H3. The number of esters is 1. The highest BCUT2D eigenvalue weighted by atomic mass is 35.5. The van der Waals surface area contributed by atoms with Crippen LogP contribution in [-0.4, -0.2) is 17.6 Å². The number of ether oxygens (including phenoxy) is 1. The summed E-state index contributed by atoms with van der Waals surface area (Å²) < 4.78 is 18.2. The van der Waals surface area contributed by atoms with Gasteiger partial charge in [0.15, 0.2) is 0 Å². The fraction of sp³-hybridized carbons (Fsp3) is 0.462. The summed E-state index contributed by atoms with van der Waals surface area (Å²) in [7, 11) is 0. The van der Waals surface area contributed by atoms with E-state index in [1.807, 2.05) is 0 Å². The molecule has 1 aromatic carbocycles. The van der Waals surface area contributed by atoms with Gasteiger partial charge in [0, 0.05) is 5.69 Å². The number of hydrogen-bond donors (Lipinski definition) is 1. The Kier molecular flexibility index (Phi) is 4.57. The fourth-order valence-corrected chi connectivity index (χ4v) is 1.47. The van der Waals surface area contributed by atoms with E-state index in [9.17, 15) is 9.18 Å². The van der Waals surface area contributed by atoms with Gasteiger partial charge in [-0.05, 0) is 45.9 Å².